The summed E-state index contributed by atoms with van der Waals surface area (Å²) in [6.07, 6.45) is 0.221. The molecule has 1 amide bonds. The van der Waals surface area contributed by atoms with Crippen molar-refractivity contribution in [1.82, 2.24) is 4.90 Å². The summed E-state index contributed by atoms with van der Waals surface area (Å²) in [5.74, 6) is 0.166. The van der Waals surface area contributed by atoms with Gasteiger partial charge in [-0.3, -0.25) is 9.59 Å². The predicted molar refractivity (Wildman–Crippen MR) is 72.7 cm³/mol. The van der Waals surface area contributed by atoms with Gasteiger partial charge in [-0.25, -0.2) is 0 Å². The minimum absolute atomic E-state index is 0.0367. The molecule has 0 saturated carbocycles. The van der Waals surface area contributed by atoms with E-state index >= 15 is 0 Å². The van der Waals surface area contributed by atoms with E-state index in [1.807, 2.05) is 13.8 Å². The molecule has 0 radical (unpaired) electrons. The van der Waals surface area contributed by atoms with Gasteiger partial charge in [-0.1, -0.05) is 13.8 Å². The number of hydrogen-bond donors (Lipinski definition) is 0. The maximum atomic E-state index is 12.0. The first-order chi connectivity index (χ1) is 8.51. The Bertz CT molecular complexity index is 258. The maximum absolute atomic E-state index is 12.0. The molecule has 0 fully saturated rings. The Morgan fingerprint density at radius 3 is 2.39 bits per heavy atom. The lowest BCUT2D eigenvalue weighted by Gasteiger charge is -2.22. The number of carbonyl (C=O) groups excluding carboxylic acids is 2. The number of esters is 1. The molecule has 0 aromatic carbocycles. The summed E-state index contributed by atoms with van der Waals surface area (Å²) in [6.45, 7) is 5.45. The van der Waals surface area contributed by atoms with Crippen molar-refractivity contribution in [3.63, 3.8) is 0 Å². The first-order valence-corrected chi connectivity index (χ1v) is 7.01. The van der Waals surface area contributed by atoms with E-state index in [1.54, 1.807) is 23.8 Å². The fourth-order valence-electron chi connectivity index (χ4n) is 1.22. The largest absolute Gasteiger partial charge is 0.469 e. The van der Waals surface area contributed by atoms with E-state index in [1.165, 1.54) is 7.11 Å². The van der Waals surface area contributed by atoms with Crippen LogP contribution in [0.25, 0.3) is 0 Å². The molecule has 0 aromatic rings. The second-order valence-electron chi connectivity index (χ2n) is 4.06. The second kappa shape index (κ2) is 10.2. The van der Waals surface area contributed by atoms with Gasteiger partial charge in [-0.2, -0.15) is 0 Å². The molecule has 0 bridgehead atoms. The van der Waals surface area contributed by atoms with Gasteiger partial charge < -0.3 is 14.4 Å². The zero-order chi connectivity index (χ0) is 14.0. The topological polar surface area (TPSA) is 55.8 Å². The summed E-state index contributed by atoms with van der Waals surface area (Å²) in [5.41, 5.74) is 0. The molecule has 6 heteroatoms. The van der Waals surface area contributed by atoms with Crippen molar-refractivity contribution in [1.29, 1.82) is 0 Å². The average Bonchev–Trinajstić information content (AvgIpc) is 2.35. The van der Waals surface area contributed by atoms with Crippen LogP contribution in [0.3, 0.4) is 0 Å². The number of nitrogens with zero attached hydrogens (tertiary/aromatic N) is 1. The number of thioether (sulfide) groups is 1. The van der Waals surface area contributed by atoms with Gasteiger partial charge in [0, 0.05) is 20.2 Å². The molecule has 0 saturated heterocycles. The molecule has 0 unspecified atom stereocenters. The Morgan fingerprint density at radius 1 is 1.22 bits per heavy atom. The summed E-state index contributed by atoms with van der Waals surface area (Å²) in [4.78, 5) is 24.7. The van der Waals surface area contributed by atoms with Crippen LogP contribution >= 0.6 is 11.8 Å². The maximum Gasteiger partial charge on any atom is 0.307 e. The van der Waals surface area contributed by atoms with Crippen LogP contribution in [0.2, 0.25) is 0 Å². The minimum Gasteiger partial charge on any atom is -0.469 e. The van der Waals surface area contributed by atoms with Crippen molar-refractivity contribution in [2.75, 3.05) is 39.7 Å². The molecule has 0 aliphatic carbocycles. The fourth-order valence-corrected chi connectivity index (χ4v) is 1.88. The number of hydrogen-bond acceptors (Lipinski definition) is 5. The van der Waals surface area contributed by atoms with E-state index in [9.17, 15) is 9.59 Å². The first kappa shape index (κ1) is 17.2. The molecule has 0 heterocycles. The van der Waals surface area contributed by atoms with E-state index in [0.29, 0.717) is 30.7 Å². The van der Waals surface area contributed by atoms with Gasteiger partial charge >= 0.3 is 5.97 Å². The normalized spacial score (nSPS) is 10.5. The van der Waals surface area contributed by atoms with Gasteiger partial charge in [-0.15, -0.1) is 11.8 Å². The Kier molecular flexibility index (Phi) is 9.77. The monoisotopic (exact) mass is 277 g/mol. The number of methoxy groups -OCH3 is 2. The van der Waals surface area contributed by atoms with E-state index in [0.717, 1.165) is 0 Å². The number of rotatable bonds is 9. The predicted octanol–water partition coefficient (Wildman–Crippen LogP) is 1.17. The van der Waals surface area contributed by atoms with Crippen molar-refractivity contribution in [3.8, 4) is 0 Å². The Balaban J connectivity index is 4.18. The number of amides is 1. The lowest BCUT2D eigenvalue weighted by Crippen LogP contribution is -2.37. The third-order valence-electron chi connectivity index (χ3n) is 2.27. The molecule has 0 aromatic heterocycles. The summed E-state index contributed by atoms with van der Waals surface area (Å²) >= 11 is 1.59. The van der Waals surface area contributed by atoms with Gasteiger partial charge in [0.15, 0.2) is 0 Å². The average molecular weight is 277 g/mol. The quantitative estimate of drug-likeness (QED) is 0.592. The molecule has 0 aliphatic rings. The SMILES string of the molecule is COCCN(CCC(=O)OC)C(=O)CSC(C)C. The van der Waals surface area contributed by atoms with Crippen LogP contribution in [0.5, 0.6) is 0 Å². The van der Waals surface area contributed by atoms with Crippen LogP contribution < -0.4 is 0 Å². The van der Waals surface area contributed by atoms with Crippen LogP contribution in [0.15, 0.2) is 0 Å². The highest BCUT2D eigenvalue weighted by atomic mass is 32.2. The highest BCUT2D eigenvalue weighted by Crippen LogP contribution is 2.10. The smallest absolute Gasteiger partial charge is 0.307 e. The van der Waals surface area contributed by atoms with E-state index < -0.39 is 0 Å². The summed E-state index contributed by atoms with van der Waals surface area (Å²) in [5, 5.41) is 0.416. The van der Waals surface area contributed by atoms with E-state index in [4.69, 9.17) is 4.74 Å². The lowest BCUT2D eigenvalue weighted by atomic mass is 10.3. The van der Waals surface area contributed by atoms with Gasteiger partial charge in [0.05, 0.1) is 25.9 Å². The zero-order valence-electron chi connectivity index (χ0n) is 11.6. The lowest BCUT2D eigenvalue weighted by molar-refractivity contribution is -0.141. The van der Waals surface area contributed by atoms with E-state index in [2.05, 4.69) is 4.74 Å². The minimum atomic E-state index is -0.304. The van der Waals surface area contributed by atoms with E-state index in [-0.39, 0.29) is 18.3 Å². The first-order valence-electron chi connectivity index (χ1n) is 5.96. The summed E-state index contributed by atoms with van der Waals surface area (Å²) in [7, 11) is 2.93. The second-order valence-corrected chi connectivity index (χ2v) is 5.62. The third kappa shape index (κ3) is 8.36. The zero-order valence-corrected chi connectivity index (χ0v) is 12.4. The van der Waals surface area contributed by atoms with Crippen LogP contribution in [0.1, 0.15) is 20.3 Å². The van der Waals surface area contributed by atoms with Gasteiger partial charge in [0.1, 0.15) is 0 Å². The Morgan fingerprint density at radius 2 is 1.89 bits per heavy atom. The standard InChI is InChI=1S/C12H23NO4S/c1-10(2)18-9-11(14)13(7-8-16-3)6-5-12(15)17-4/h10H,5-9H2,1-4H3. The molecular formula is C12H23NO4S. The van der Waals surface area contributed by atoms with Crippen molar-refractivity contribution in [3.05, 3.63) is 0 Å². The highest BCUT2D eigenvalue weighted by molar-refractivity contribution is 8.00. The van der Waals surface area contributed by atoms with Crippen molar-refractivity contribution in [2.24, 2.45) is 0 Å². The molecule has 106 valence electrons. The van der Waals surface area contributed by atoms with Crippen LogP contribution in [-0.2, 0) is 19.1 Å². The van der Waals surface area contributed by atoms with Crippen LogP contribution in [-0.4, -0.2) is 61.7 Å². The molecule has 18 heavy (non-hydrogen) atoms. The van der Waals surface area contributed by atoms with Gasteiger partial charge in [0.25, 0.3) is 0 Å². The van der Waals surface area contributed by atoms with Gasteiger partial charge in [-0.05, 0) is 5.25 Å². The Hall–Kier alpha value is -0.750. The molecule has 0 rings (SSSR count). The molecule has 0 atom stereocenters. The fraction of sp³-hybridized carbons (Fsp3) is 0.833. The third-order valence-corrected chi connectivity index (χ3v) is 3.35. The van der Waals surface area contributed by atoms with Crippen molar-refractivity contribution >= 4 is 23.6 Å². The van der Waals surface area contributed by atoms with Crippen molar-refractivity contribution < 1.29 is 19.1 Å². The van der Waals surface area contributed by atoms with Crippen LogP contribution in [0, 0.1) is 0 Å². The van der Waals surface area contributed by atoms with Crippen LogP contribution in [0.4, 0.5) is 0 Å². The molecular weight excluding hydrogens is 254 g/mol. The molecule has 5 nitrogen and oxygen atoms in total. The highest BCUT2D eigenvalue weighted by Gasteiger charge is 2.15. The summed E-state index contributed by atoms with van der Waals surface area (Å²) in [6, 6.07) is 0. The number of carbonyl (C=O) groups is 2. The molecule has 0 N–H and O–H groups in total. The van der Waals surface area contributed by atoms with Gasteiger partial charge in [0.2, 0.25) is 5.91 Å². The Labute approximate surface area is 113 Å². The summed E-state index contributed by atoms with van der Waals surface area (Å²) < 4.78 is 9.53. The number of ether oxygens (including phenoxy) is 2. The molecule has 0 spiro atoms. The molecule has 0 aliphatic heterocycles. The van der Waals surface area contributed by atoms with Crippen molar-refractivity contribution in [2.45, 2.75) is 25.5 Å².